The van der Waals surface area contributed by atoms with Crippen LogP contribution in [-0.4, -0.2) is 40.9 Å². The van der Waals surface area contributed by atoms with Crippen LogP contribution >= 0.6 is 0 Å². The number of halogens is 1. The molecule has 3 aromatic heterocycles. The number of hydrogen-bond donors (Lipinski definition) is 2. The lowest BCUT2D eigenvalue weighted by molar-refractivity contribution is 0.580. The lowest BCUT2D eigenvalue weighted by Crippen LogP contribution is -2.26. The van der Waals surface area contributed by atoms with Crippen molar-refractivity contribution in [2.75, 3.05) is 18.4 Å². The van der Waals surface area contributed by atoms with Gasteiger partial charge in [0.2, 0.25) is 16.0 Å². The fourth-order valence-corrected chi connectivity index (χ4v) is 4.79. The number of imidazole rings is 1. The molecule has 0 saturated heterocycles. The van der Waals surface area contributed by atoms with Crippen LogP contribution < -0.4 is 10.0 Å². The molecule has 0 spiro atoms. The van der Waals surface area contributed by atoms with Gasteiger partial charge >= 0.3 is 5.84 Å². The molecule has 0 atom stereocenters. The van der Waals surface area contributed by atoms with E-state index in [2.05, 4.69) is 25.0 Å². The molecule has 0 aliphatic heterocycles. The van der Waals surface area contributed by atoms with Crippen molar-refractivity contribution in [3.8, 4) is 22.6 Å². The van der Waals surface area contributed by atoms with Crippen LogP contribution in [0.4, 0.5) is 10.3 Å². The maximum absolute atomic E-state index is 13.5. The normalized spacial score (nSPS) is 11.7. The SMILES string of the molecule is Cc1ccc(S(=O)(=O)NCCCNc2nccc(-c3c(-c4ccc(F)cc4)nc4occn34)n2)cc1. The number of hydrogen-bond acceptors (Lipinski definition) is 7. The van der Waals surface area contributed by atoms with E-state index in [0.29, 0.717) is 41.8 Å². The molecule has 36 heavy (non-hydrogen) atoms. The van der Waals surface area contributed by atoms with E-state index in [9.17, 15) is 12.8 Å². The number of rotatable bonds is 9. The van der Waals surface area contributed by atoms with Gasteiger partial charge in [0, 0.05) is 31.0 Å². The summed E-state index contributed by atoms with van der Waals surface area (Å²) >= 11 is 0. The van der Waals surface area contributed by atoms with Crippen molar-refractivity contribution in [1.29, 1.82) is 0 Å². The number of sulfonamides is 1. The third-order valence-electron chi connectivity index (χ3n) is 5.54. The van der Waals surface area contributed by atoms with E-state index >= 15 is 0 Å². The molecule has 5 rings (SSSR count). The van der Waals surface area contributed by atoms with Crippen LogP contribution in [-0.2, 0) is 10.0 Å². The lowest BCUT2D eigenvalue weighted by atomic mass is 10.1. The van der Waals surface area contributed by atoms with E-state index in [1.54, 1.807) is 59.3 Å². The number of anilines is 1. The van der Waals surface area contributed by atoms with Gasteiger partial charge < -0.3 is 9.73 Å². The van der Waals surface area contributed by atoms with Crippen molar-refractivity contribution in [3.05, 3.63) is 84.6 Å². The number of benzene rings is 2. The maximum Gasteiger partial charge on any atom is 0.306 e. The van der Waals surface area contributed by atoms with E-state index in [-0.39, 0.29) is 17.3 Å². The molecule has 0 amide bonds. The first kappa shape index (κ1) is 23.6. The zero-order chi connectivity index (χ0) is 25.1. The van der Waals surface area contributed by atoms with Gasteiger partial charge in [0.05, 0.1) is 10.6 Å². The van der Waals surface area contributed by atoms with Gasteiger partial charge in [-0.05, 0) is 55.8 Å². The highest BCUT2D eigenvalue weighted by Gasteiger charge is 2.19. The fourth-order valence-electron chi connectivity index (χ4n) is 3.71. The minimum Gasteiger partial charge on any atom is -0.432 e. The zero-order valence-corrected chi connectivity index (χ0v) is 20.2. The fraction of sp³-hybridized carbons (Fsp3) is 0.160. The number of fused-ring (bicyclic) bond motifs is 1. The molecule has 0 aliphatic carbocycles. The average Bonchev–Trinajstić information content (AvgIpc) is 3.46. The van der Waals surface area contributed by atoms with Crippen molar-refractivity contribution >= 4 is 21.8 Å². The number of oxazole rings is 1. The maximum atomic E-state index is 13.5. The van der Waals surface area contributed by atoms with Crippen LogP contribution in [0.1, 0.15) is 12.0 Å². The summed E-state index contributed by atoms with van der Waals surface area (Å²) in [6, 6.07) is 14.5. The number of nitrogens with zero attached hydrogens (tertiary/aromatic N) is 4. The molecule has 0 saturated carbocycles. The van der Waals surface area contributed by atoms with E-state index in [4.69, 9.17) is 4.42 Å². The Morgan fingerprint density at radius 2 is 1.78 bits per heavy atom. The van der Waals surface area contributed by atoms with Crippen LogP contribution in [0.5, 0.6) is 0 Å². The minimum atomic E-state index is -3.56. The van der Waals surface area contributed by atoms with Crippen molar-refractivity contribution < 1.29 is 17.2 Å². The Kier molecular flexibility index (Phi) is 6.49. The van der Waals surface area contributed by atoms with Gasteiger partial charge in [-0.1, -0.05) is 17.7 Å². The molecule has 3 heterocycles. The Balaban J connectivity index is 1.27. The second kappa shape index (κ2) is 9.88. The molecule has 0 unspecified atom stereocenters. The van der Waals surface area contributed by atoms with E-state index in [1.807, 2.05) is 6.92 Å². The lowest BCUT2D eigenvalue weighted by Gasteiger charge is -2.09. The standard InChI is InChI=1S/C25H23FN6O3S/c1-17-3-9-20(10-4-17)36(33,34)29-13-2-12-27-24-28-14-11-21(30-24)23-22(18-5-7-19(26)8-6-18)31-25-32(23)15-16-35-25/h3-11,14-16,29H,2,12-13H2,1H3,(H,27,28,30). The summed E-state index contributed by atoms with van der Waals surface area (Å²) in [6.07, 6.45) is 5.41. The van der Waals surface area contributed by atoms with E-state index in [1.165, 1.54) is 18.4 Å². The summed E-state index contributed by atoms with van der Waals surface area (Å²) in [4.78, 5) is 13.7. The van der Waals surface area contributed by atoms with Crippen LogP contribution in [0, 0.1) is 12.7 Å². The van der Waals surface area contributed by atoms with E-state index in [0.717, 1.165) is 11.1 Å². The highest BCUT2D eigenvalue weighted by Crippen LogP contribution is 2.32. The third kappa shape index (κ3) is 4.97. The summed E-state index contributed by atoms with van der Waals surface area (Å²) in [5, 5.41) is 3.13. The van der Waals surface area contributed by atoms with Crippen molar-refractivity contribution in [3.63, 3.8) is 0 Å². The molecule has 0 radical (unpaired) electrons. The molecular formula is C25H23FN6O3S. The molecule has 2 aromatic carbocycles. The molecule has 9 nitrogen and oxygen atoms in total. The van der Waals surface area contributed by atoms with Crippen molar-refractivity contribution in [1.82, 2.24) is 24.1 Å². The number of nitrogens with one attached hydrogen (secondary N) is 2. The Bertz CT molecular complexity index is 1600. The van der Waals surface area contributed by atoms with Gasteiger partial charge in [0.25, 0.3) is 0 Å². The van der Waals surface area contributed by atoms with Gasteiger partial charge in [0.15, 0.2) is 0 Å². The second-order valence-corrected chi connectivity index (χ2v) is 9.90. The highest BCUT2D eigenvalue weighted by molar-refractivity contribution is 7.89. The Morgan fingerprint density at radius 1 is 1.00 bits per heavy atom. The van der Waals surface area contributed by atoms with Crippen LogP contribution in [0.3, 0.4) is 0 Å². The summed E-state index contributed by atoms with van der Waals surface area (Å²) in [5.41, 5.74) is 3.60. The number of aryl methyl sites for hydroxylation is 1. The zero-order valence-electron chi connectivity index (χ0n) is 19.3. The molecule has 5 aromatic rings. The quantitative estimate of drug-likeness (QED) is 0.287. The summed E-state index contributed by atoms with van der Waals surface area (Å²) in [5.74, 6) is 0.438. The minimum absolute atomic E-state index is 0.237. The predicted octanol–water partition coefficient (Wildman–Crippen LogP) is 4.28. The van der Waals surface area contributed by atoms with Gasteiger partial charge in [-0.2, -0.15) is 4.98 Å². The predicted molar refractivity (Wildman–Crippen MR) is 133 cm³/mol. The first-order valence-electron chi connectivity index (χ1n) is 11.3. The van der Waals surface area contributed by atoms with Gasteiger partial charge in [0.1, 0.15) is 23.5 Å². The molecule has 0 bridgehead atoms. The average molecular weight is 507 g/mol. The van der Waals surface area contributed by atoms with E-state index < -0.39 is 10.0 Å². The Labute approximate surface area is 207 Å². The Morgan fingerprint density at radius 3 is 2.56 bits per heavy atom. The van der Waals surface area contributed by atoms with Crippen LogP contribution in [0.15, 0.2) is 82.6 Å². The summed E-state index contributed by atoms with van der Waals surface area (Å²) in [6.45, 7) is 2.62. The van der Waals surface area contributed by atoms with Crippen LogP contribution in [0.2, 0.25) is 0 Å². The molecule has 184 valence electrons. The first-order chi connectivity index (χ1) is 17.4. The van der Waals surface area contributed by atoms with Crippen molar-refractivity contribution in [2.24, 2.45) is 0 Å². The monoisotopic (exact) mass is 506 g/mol. The highest BCUT2D eigenvalue weighted by atomic mass is 32.2. The molecular weight excluding hydrogens is 483 g/mol. The molecule has 2 N–H and O–H groups in total. The first-order valence-corrected chi connectivity index (χ1v) is 12.7. The number of aromatic nitrogens is 4. The molecule has 11 heteroatoms. The molecule has 0 fully saturated rings. The summed E-state index contributed by atoms with van der Waals surface area (Å²) < 4.78 is 48.1. The smallest absolute Gasteiger partial charge is 0.306 e. The van der Waals surface area contributed by atoms with Gasteiger partial charge in [-0.3, -0.25) is 4.40 Å². The topological polar surface area (TPSA) is 114 Å². The van der Waals surface area contributed by atoms with Crippen LogP contribution in [0.25, 0.3) is 28.5 Å². The summed E-state index contributed by atoms with van der Waals surface area (Å²) in [7, 11) is -3.56. The van der Waals surface area contributed by atoms with Gasteiger partial charge in [-0.25, -0.2) is 27.5 Å². The Hall–Kier alpha value is -4.09. The largest absolute Gasteiger partial charge is 0.432 e. The second-order valence-electron chi connectivity index (χ2n) is 8.13. The van der Waals surface area contributed by atoms with Gasteiger partial charge in [-0.15, -0.1) is 0 Å². The molecule has 0 aliphatic rings. The van der Waals surface area contributed by atoms with Crippen molar-refractivity contribution in [2.45, 2.75) is 18.2 Å². The third-order valence-corrected chi connectivity index (χ3v) is 7.01.